The lowest BCUT2D eigenvalue weighted by atomic mass is 9.99. The number of benzene rings is 2. The molecule has 226 valence electrons. The van der Waals surface area contributed by atoms with Crippen molar-refractivity contribution >= 4 is 34.4 Å². The van der Waals surface area contributed by atoms with Gasteiger partial charge in [0.05, 0.1) is 23.9 Å². The summed E-state index contributed by atoms with van der Waals surface area (Å²) in [7, 11) is 1.65. The molecule has 45 heavy (non-hydrogen) atoms. The summed E-state index contributed by atoms with van der Waals surface area (Å²) in [5.74, 6) is 1.47. The number of likely N-dealkylation sites (tertiary alicyclic amines) is 1. The minimum absolute atomic E-state index is 0.00915. The third-order valence-corrected chi connectivity index (χ3v) is 10.5. The number of pyridine rings is 1. The lowest BCUT2D eigenvalue weighted by Crippen LogP contribution is -2.41. The molecular formula is C36H34N6O3. The summed E-state index contributed by atoms with van der Waals surface area (Å²) in [5.41, 5.74) is 15.6. The van der Waals surface area contributed by atoms with Gasteiger partial charge < -0.3 is 19.9 Å². The highest BCUT2D eigenvalue weighted by Crippen LogP contribution is 2.41. The molecule has 3 atom stereocenters. The van der Waals surface area contributed by atoms with Gasteiger partial charge in [0.1, 0.15) is 17.0 Å². The highest BCUT2D eigenvalue weighted by Gasteiger charge is 2.47. The van der Waals surface area contributed by atoms with E-state index in [0.717, 1.165) is 76.0 Å². The van der Waals surface area contributed by atoms with E-state index >= 15 is 0 Å². The Bertz CT molecular complexity index is 2120. The smallest absolute Gasteiger partial charge is 0.277 e. The summed E-state index contributed by atoms with van der Waals surface area (Å²) in [4.78, 5) is 31.7. The van der Waals surface area contributed by atoms with Crippen LogP contribution in [0.25, 0.3) is 38.9 Å². The molecule has 0 radical (unpaired) electrons. The molecule has 3 aromatic heterocycles. The van der Waals surface area contributed by atoms with Crippen LogP contribution in [0.2, 0.25) is 0 Å². The summed E-state index contributed by atoms with van der Waals surface area (Å²) >= 11 is 0. The molecule has 2 unspecified atom stereocenters. The van der Waals surface area contributed by atoms with E-state index in [1.54, 1.807) is 13.3 Å². The fraction of sp³-hybridized carbons (Fsp3) is 0.333. The van der Waals surface area contributed by atoms with Crippen LogP contribution in [0.4, 0.5) is 0 Å². The molecule has 9 nitrogen and oxygen atoms in total. The number of aryl methyl sites for hydroxylation is 1. The number of fused-ring (bicyclic) bond motifs is 5. The summed E-state index contributed by atoms with van der Waals surface area (Å²) in [6.45, 7) is 3.71. The van der Waals surface area contributed by atoms with Crippen molar-refractivity contribution < 1.29 is 14.3 Å². The molecule has 3 fully saturated rings. The summed E-state index contributed by atoms with van der Waals surface area (Å²) in [6.07, 6.45) is 8.01. The zero-order valence-electron chi connectivity index (χ0n) is 25.4. The van der Waals surface area contributed by atoms with Crippen molar-refractivity contribution in [1.29, 1.82) is 0 Å². The second-order valence-electron chi connectivity index (χ2n) is 13.2. The van der Waals surface area contributed by atoms with Gasteiger partial charge in [-0.05, 0) is 85.9 Å². The van der Waals surface area contributed by atoms with Gasteiger partial charge in [-0.1, -0.05) is 18.2 Å². The first-order chi connectivity index (χ1) is 21.9. The van der Waals surface area contributed by atoms with Crippen molar-refractivity contribution in [3.05, 3.63) is 77.0 Å². The molecule has 9 rings (SSSR count). The highest BCUT2D eigenvalue weighted by atomic mass is 16.5. The van der Waals surface area contributed by atoms with Gasteiger partial charge >= 0.3 is 0 Å². The monoisotopic (exact) mass is 598 g/mol. The number of piperidine rings is 1. The van der Waals surface area contributed by atoms with E-state index in [1.807, 2.05) is 39.9 Å². The third-order valence-electron chi connectivity index (χ3n) is 10.5. The zero-order valence-corrected chi connectivity index (χ0v) is 25.4. The normalized spacial score (nSPS) is 21.9. The Kier molecular flexibility index (Phi) is 5.69. The molecule has 9 heteroatoms. The summed E-state index contributed by atoms with van der Waals surface area (Å²) < 4.78 is 10.1. The van der Waals surface area contributed by atoms with Crippen LogP contribution in [0.3, 0.4) is 0 Å². The Hall–Kier alpha value is -4.76. The van der Waals surface area contributed by atoms with Crippen molar-refractivity contribution in [2.45, 2.75) is 51.2 Å². The van der Waals surface area contributed by atoms with Gasteiger partial charge in [-0.2, -0.15) is 5.10 Å². The Morgan fingerprint density at radius 2 is 1.87 bits per heavy atom. The van der Waals surface area contributed by atoms with E-state index in [9.17, 15) is 9.59 Å². The number of aromatic nitrogens is 3. The predicted molar refractivity (Wildman–Crippen MR) is 173 cm³/mol. The van der Waals surface area contributed by atoms with Crippen molar-refractivity contribution in [2.24, 2.45) is 22.6 Å². The van der Waals surface area contributed by atoms with E-state index in [-0.39, 0.29) is 23.9 Å². The topological polar surface area (TPSA) is 107 Å². The Balaban J connectivity index is 1.15. The predicted octanol–water partition coefficient (Wildman–Crippen LogP) is 5.48. The molecule has 2 aliphatic heterocycles. The molecule has 1 saturated heterocycles. The van der Waals surface area contributed by atoms with Crippen molar-refractivity contribution in [3.8, 4) is 28.3 Å². The van der Waals surface area contributed by atoms with Crippen LogP contribution in [0.5, 0.6) is 5.75 Å². The fourth-order valence-electron chi connectivity index (χ4n) is 7.88. The summed E-state index contributed by atoms with van der Waals surface area (Å²) in [6, 6.07) is 16.7. The van der Waals surface area contributed by atoms with Crippen LogP contribution >= 0.6 is 0 Å². The van der Waals surface area contributed by atoms with Gasteiger partial charge in [0, 0.05) is 59.6 Å². The Labute approximate surface area is 260 Å². The number of methoxy groups -OCH3 is 1. The maximum atomic E-state index is 13.7. The zero-order chi connectivity index (χ0) is 30.6. The van der Waals surface area contributed by atoms with E-state index in [1.165, 1.54) is 12.8 Å². The van der Waals surface area contributed by atoms with E-state index in [0.29, 0.717) is 28.7 Å². The van der Waals surface area contributed by atoms with Crippen LogP contribution in [0.15, 0.2) is 59.7 Å². The molecule has 4 aliphatic rings. The van der Waals surface area contributed by atoms with Gasteiger partial charge in [-0.3, -0.25) is 9.59 Å². The van der Waals surface area contributed by atoms with E-state index in [4.69, 9.17) is 15.6 Å². The first-order valence-electron chi connectivity index (χ1n) is 15.9. The second-order valence-corrected chi connectivity index (χ2v) is 13.2. The number of carbonyl (C=O) groups is 2. The molecular weight excluding hydrogens is 564 g/mol. The standard InChI is InChI=1S/C36H34N6O3/c1-19-33(39-42-18-26(14-31(45-2)34(19)42)36(44)41-17-24-8-10-28(41)32(24)37)30-13-23-6-5-22(12-29(23)40(30)16-20-3-4-20)21-7-9-27-25(11-21)15-38-35(27)43/h5-7,9,11-15,18,20,24,28,32H,3-4,8,10,16-17,37H2,1-2H3/t24?,28?,32-/m1/s1. The van der Waals surface area contributed by atoms with Crippen LogP contribution in [-0.4, -0.2) is 62.8 Å². The maximum Gasteiger partial charge on any atom is 0.277 e. The maximum absolute atomic E-state index is 13.7. The Morgan fingerprint density at radius 3 is 2.62 bits per heavy atom. The van der Waals surface area contributed by atoms with Crippen LogP contribution in [-0.2, 0) is 6.54 Å². The second kappa shape index (κ2) is 9.62. The molecule has 2 N–H and O–H groups in total. The number of amides is 2. The van der Waals surface area contributed by atoms with Gasteiger partial charge in [-0.25, -0.2) is 9.51 Å². The number of hydrogen-bond donors (Lipinski definition) is 1. The molecule has 2 saturated carbocycles. The van der Waals surface area contributed by atoms with E-state index < -0.39 is 0 Å². The van der Waals surface area contributed by atoms with Crippen LogP contribution in [0.1, 0.15) is 57.5 Å². The van der Waals surface area contributed by atoms with E-state index in [2.05, 4.69) is 40.7 Å². The minimum Gasteiger partial charge on any atom is -0.494 e. The molecule has 2 amide bonds. The molecule has 2 aromatic carbocycles. The number of ether oxygens (including phenoxy) is 1. The first kappa shape index (κ1) is 26.6. The number of hydrogen-bond acceptors (Lipinski definition) is 5. The largest absolute Gasteiger partial charge is 0.494 e. The number of carbonyl (C=O) groups excluding carboxylic acids is 2. The lowest BCUT2D eigenvalue weighted by Gasteiger charge is -2.27. The quantitative estimate of drug-likeness (QED) is 0.278. The van der Waals surface area contributed by atoms with Crippen LogP contribution in [0, 0.1) is 18.8 Å². The molecule has 5 aromatic rings. The third kappa shape index (κ3) is 4.03. The van der Waals surface area contributed by atoms with Gasteiger partial charge in [0.2, 0.25) is 0 Å². The number of nitrogens with zero attached hydrogens (tertiary/aromatic N) is 5. The average Bonchev–Trinajstić information content (AvgIpc) is 3.26. The molecule has 5 heterocycles. The highest BCUT2D eigenvalue weighted by molar-refractivity contribution is 6.13. The molecule has 2 aliphatic carbocycles. The average molecular weight is 599 g/mol. The minimum atomic E-state index is -0.182. The van der Waals surface area contributed by atoms with Crippen molar-refractivity contribution in [3.63, 3.8) is 0 Å². The fourth-order valence-corrected chi connectivity index (χ4v) is 7.88. The first-order valence-corrected chi connectivity index (χ1v) is 15.9. The SMILES string of the molecule is COc1cc(C(=O)N2CC3CCC2[C@@H]3N)cn2nc(-c3cc4ccc(-c5ccc6c(c5)C=NC6=O)cc4n3CC3CC3)c(C)c12. The number of nitrogens with two attached hydrogens (primary N) is 1. The van der Waals surface area contributed by atoms with Crippen molar-refractivity contribution in [1.82, 2.24) is 19.1 Å². The number of aliphatic imine (C=N–C) groups is 1. The van der Waals surface area contributed by atoms with Gasteiger partial charge in [0.25, 0.3) is 11.8 Å². The van der Waals surface area contributed by atoms with Crippen LogP contribution < -0.4 is 10.5 Å². The number of rotatable bonds is 6. The van der Waals surface area contributed by atoms with Gasteiger partial charge in [0.15, 0.2) is 0 Å². The molecule has 2 bridgehead atoms. The van der Waals surface area contributed by atoms with Gasteiger partial charge in [-0.15, -0.1) is 0 Å². The van der Waals surface area contributed by atoms with Crippen molar-refractivity contribution in [2.75, 3.05) is 13.7 Å². The summed E-state index contributed by atoms with van der Waals surface area (Å²) in [5, 5.41) is 6.25. The lowest BCUT2D eigenvalue weighted by molar-refractivity contribution is 0.0699. The molecule has 0 spiro atoms. The Morgan fingerprint density at radius 1 is 1.04 bits per heavy atom.